The molecule has 0 atom stereocenters. The van der Waals surface area contributed by atoms with E-state index in [1.165, 1.54) is 5.56 Å². The van der Waals surface area contributed by atoms with Gasteiger partial charge in [0.2, 0.25) is 0 Å². The second-order valence-electron chi connectivity index (χ2n) is 4.44. The van der Waals surface area contributed by atoms with E-state index >= 15 is 0 Å². The number of aromatic nitrogens is 3. The van der Waals surface area contributed by atoms with E-state index in [0.717, 1.165) is 17.3 Å². The van der Waals surface area contributed by atoms with Gasteiger partial charge in [0.15, 0.2) is 0 Å². The molecule has 4 heteroatoms. The van der Waals surface area contributed by atoms with Crippen molar-refractivity contribution in [2.75, 3.05) is 0 Å². The molecular weight excluding hydrogens is 212 g/mol. The summed E-state index contributed by atoms with van der Waals surface area (Å²) in [7, 11) is 0. The molecular formula is C13H18N4. The van der Waals surface area contributed by atoms with Crippen LogP contribution in [0.1, 0.15) is 37.0 Å². The van der Waals surface area contributed by atoms with Gasteiger partial charge in [-0.25, -0.2) is 9.67 Å². The molecule has 4 nitrogen and oxygen atoms in total. The Hall–Kier alpha value is -1.68. The molecule has 2 aromatic rings. The highest BCUT2D eigenvalue weighted by molar-refractivity contribution is 5.35. The molecule has 17 heavy (non-hydrogen) atoms. The van der Waals surface area contributed by atoms with Gasteiger partial charge in [-0.05, 0) is 30.5 Å². The Kier molecular flexibility index (Phi) is 3.24. The molecule has 0 amide bonds. The van der Waals surface area contributed by atoms with Crippen LogP contribution in [0, 0.1) is 6.92 Å². The first kappa shape index (κ1) is 11.8. The van der Waals surface area contributed by atoms with Crippen molar-refractivity contribution in [2.24, 2.45) is 5.73 Å². The third kappa shape index (κ3) is 2.36. The van der Waals surface area contributed by atoms with Crippen molar-refractivity contribution in [3.05, 3.63) is 41.5 Å². The quantitative estimate of drug-likeness (QED) is 0.879. The Morgan fingerprint density at radius 3 is 2.41 bits per heavy atom. The largest absolute Gasteiger partial charge is 0.324 e. The number of benzene rings is 1. The molecule has 0 saturated carbocycles. The molecule has 2 N–H and O–H groups in total. The highest BCUT2D eigenvalue weighted by Crippen LogP contribution is 2.17. The topological polar surface area (TPSA) is 56.7 Å². The van der Waals surface area contributed by atoms with Crippen LogP contribution in [-0.4, -0.2) is 14.8 Å². The predicted molar refractivity (Wildman–Crippen MR) is 68.1 cm³/mol. The van der Waals surface area contributed by atoms with Gasteiger partial charge in [-0.3, -0.25) is 0 Å². The van der Waals surface area contributed by atoms with Gasteiger partial charge in [-0.2, -0.15) is 5.10 Å². The summed E-state index contributed by atoms with van der Waals surface area (Å²) in [5.74, 6) is 2.08. The van der Waals surface area contributed by atoms with Crippen LogP contribution in [0.25, 0.3) is 5.69 Å². The van der Waals surface area contributed by atoms with Crippen LogP contribution in [0.5, 0.6) is 0 Å². The van der Waals surface area contributed by atoms with E-state index in [1.54, 1.807) is 4.68 Å². The van der Waals surface area contributed by atoms with Gasteiger partial charge >= 0.3 is 0 Å². The highest BCUT2D eigenvalue weighted by Gasteiger charge is 2.07. The molecule has 1 aromatic carbocycles. The van der Waals surface area contributed by atoms with Gasteiger partial charge in [-0.15, -0.1) is 0 Å². The first-order valence-corrected chi connectivity index (χ1v) is 5.84. The van der Waals surface area contributed by atoms with E-state index in [1.807, 2.05) is 6.92 Å². The van der Waals surface area contributed by atoms with Crippen LogP contribution in [-0.2, 0) is 6.54 Å². The molecule has 90 valence electrons. The lowest BCUT2D eigenvalue weighted by atomic mass is 10.0. The van der Waals surface area contributed by atoms with Crippen molar-refractivity contribution in [2.45, 2.75) is 33.2 Å². The molecule has 0 spiro atoms. The van der Waals surface area contributed by atoms with E-state index in [2.05, 4.69) is 48.2 Å². The number of aryl methyl sites for hydroxylation is 1. The molecule has 0 unspecified atom stereocenters. The van der Waals surface area contributed by atoms with Crippen LogP contribution in [0.15, 0.2) is 24.3 Å². The second-order valence-corrected chi connectivity index (χ2v) is 4.44. The molecule has 0 aliphatic rings. The van der Waals surface area contributed by atoms with E-state index in [4.69, 9.17) is 5.73 Å². The molecule has 0 fully saturated rings. The van der Waals surface area contributed by atoms with Crippen molar-refractivity contribution in [1.82, 2.24) is 14.8 Å². The number of rotatable bonds is 3. The lowest BCUT2D eigenvalue weighted by Gasteiger charge is -2.08. The first-order valence-electron chi connectivity index (χ1n) is 5.84. The standard InChI is InChI=1S/C13H18N4/c1-9(2)11-4-6-12(7-5-11)17-13(8-14)15-10(3)16-17/h4-7,9H,8,14H2,1-3H3. The Labute approximate surface area is 101 Å². The lowest BCUT2D eigenvalue weighted by molar-refractivity contribution is 0.784. The van der Waals surface area contributed by atoms with Crippen LogP contribution in [0.3, 0.4) is 0 Å². The normalized spacial score (nSPS) is 11.1. The molecule has 0 saturated heterocycles. The van der Waals surface area contributed by atoms with Crippen LogP contribution < -0.4 is 5.73 Å². The molecule has 2 rings (SSSR count). The molecule has 0 aliphatic heterocycles. The van der Waals surface area contributed by atoms with Crippen molar-refractivity contribution < 1.29 is 0 Å². The monoisotopic (exact) mass is 230 g/mol. The highest BCUT2D eigenvalue weighted by atomic mass is 15.4. The summed E-state index contributed by atoms with van der Waals surface area (Å²) in [6.07, 6.45) is 0. The average Bonchev–Trinajstić information content (AvgIpc) is 2.70. The fraction of sp³-hybridized carbons (Fsp3) is 0.385. The molecule has 1 aromatic heterocycles. The summed E-state index contributed by atoms with van der Waals surface area (Å²) < 4.78 is 1.80. The summed E-state index contributed by atoms with van der Waals surface area (Å²) >= 11 is 0. The molecule has 1 heterocycles. The maximum absolute atomic E-state index is 5.66. The number of nitrogens with two attached hydrogens (primary N) is 1. The minimum Gasteiger partial charge on any atom is -0.324 e. The smallest absolute Gasteiger partial charge is 0.148 e. The van der Waals surface area contributed by atoms with Crippen LogP contribution in [0.2, 0.25) is 0 Å². The summed E-state index contributed by atoms with van der Waals surface area (Å²) in [6, 6.07) is 8.36. The molecule has 0 bridgehead atoms. The summed E-state index contributed by atoms with van der Waals surface area (Å²) in [5, 5.41) is 4.35. The fourth-order valence-electron chi connectivity index (χ4n) is 1.80. The van der Waals surface area contributed by atoms with E-state index < -0.39 is 0 Å². The summed E-state index contributed by atoms with van der Waals surface area (Å²) in [5.41, 5.74) is 7.99. The predicted octanol–water partition coefficient (Wildman–Crippen LogP) is 2.16. The average molecular weight is 230 g/mol. The number of nitrogens with zero attached hydrogens (tertiary/aromatic N) is 3. The summed E-state index contributed by atoms with van der Waals surface area (Å²) in [6.45, 7) is 6.63. The zero-order valence-corrected chi connectivity index (χ0v) is 10.5. The Balaban J connectivity index is 2.39. The van der Waals surface area contributed by atoms with E-state index in [9.17, 15) is 0 Å². The van der Waals surface area contributed by atoms with Crippen molar-refractivity contribution in [1.29, 1.82) is 0 Å². The van der Waals surface area contributed by atoms with Crippen molar-refractivity contribution in [3.63, 3.8) is 0 Å². The Bertz CT molecular complexity index is 497. The maximum atomic E-state index is 5.66. The minimum atomic E-state index is 0.396. The number of hydrogen-bond donors (Lipinski definition) is 1. The fourth-order valence-corrected chi connectivity index (χ4v) is 1.80. The zero-order chi connectivity index (χ0) is 12.4. The third-order valence-corrected chi connectivity index (χ3v) is 2.77. The second kappa shape index (κ2) is 4.67. The SMILES string of the molecule is Cc1nc(CN)n(-c2ccc(C(C)C)cc2)n1. The van der Waals surface area contributed by atoms with Crippen molar-refractivity contribution >= 4 is 0 Å². The molecule has 0 radical (unpaired) electrons. The Morgan fingerprint density at radius 2 is 1.88 bits per heavy atom. The maximum Gasteiger partial charge on any atom is 0.148 e. The van der Waals surface area contributed by atoms with Gasteiger partial charge in [0.05, 0.1) is 12.2 Å². The number of hydrogen-bond acceptors (Lipinski definition) is 3. The lowest BCUT2D eigenvalue weighted by Crippen LogP contribution is -2.08. The van der Waals surface area contributed by atoms with E-state index in [-0.39, 0.29) is 0 Å². The minimum absolute atomic E-state index is 0.396. The van der Waals surface area contributed by atoms with Gasteiger partial charge in [-0.1, -0.05) is 26.0 Å². The first-order chi connectivity index (χ1) is 8.11. The van der Waals surface area contributed by atoms with Crippen LogP contribution >= 0.6 is 0 Å². The molecule has 0 aliphatic carbocycles. The van der Waals surface area contributed by atoms with Crippen LogP contribution in [0.4, 0.5) is 0 Å². The Morgan fingerprint density at radius 1 is 1.24 bits per heavy atom. The van der Waals surface area contributed by atoms with Gasteiger partial charge in [0.25, 0.3) is 0 Å². The zero-order valence-electron chi connectivity index (χ0n) is 10.5. The van der Waals surface area contributed by atoms with Gasteiger partial charge in [0, 0.05) is 0 Å². The summed E-state index contributed by atoms with van der Waals surface area (Å²) in [4.78, 5) is 4.29. The van der Waals surface area contributed by atoms with E-state index in [0.29, 0.717) is 12.5 Å². The van der Waals surface area contributed by atoms with Crippen molar-refractivity contribution in [3.8, 4) is 5.69 Å². The van der Waals surface area contributed by atoms with Gasteiger partial charge < -0.3 is 5.73 Å². The third-order valence-electron chi connectivity index (χ3n) is 2.77. The van der Waals surface area contributed by atoms with Gasteiger partial charge in [0.1, 0.15) is 11.6 Å².